The fourth-order valence-corrected chi connectivity index (χ4v) is 2.12. The number of rotatable bonds is 1. The van der Waals surface area contributed by atoms with Crippen LogP contribution in [0.25, 0.3) is 6.08 Å². The first kappa shape index (κ1) is 9.46. The lowest BCUT2D eigenvalue weighted by Gasteiger charge is -2.08. The fourth-order valence-electron chi connectivity index (χ4n) is 2.12. The van der Waals surface area contributed by atoms with E-state index in [9.17, 15) is 0 Å². The minimum Gasteiger partial charge on any atom is -0.467 e. The summed E-state index contributed by atoms with van der Waals surface area (Å²) in [6.07, 6.45) is 6.10. The molecule has 2 aromatic rings. The van der Waals surface area contributed by atoms with Crippen molar-refractivity contribution in [1.82, 2.24) is 0 Å². The van der Waals surface area contributed by atoms with E-state index < -0.39 is 0 Å². The second kappa shape index (κ2) is 3.38. The Morgan fingerprint density at radius 3 is 2.56 bits per heavy atom. The Morgan fingerprint density at radius 2 is 1.81 bits per heavy atom. The molecular formula is C15H13O. The summed E-state index contributed by atoms with van der Waals surface area (Å²) in [5.41, 5.74) is 4.97. The first-order valence-electron chi connectivity index (χ1n) is 5.47. The lowest BCUT2D eigenvalue weighted by molar-refractivity contribution is 0.531. The van der Waals surface area contributed by atoms with Crippen LogP contribution in [0.15, 0.2) is 41.0 Å². The quantitative estimate of drug-likeness (QED) is 0.694. The van der Waals surface area contributed by atoms with Crippen molar-refractivity contribution < 1.29 is 4.42 Å². The zero-order valence-corrected chi connectivity index (χ0v) is 9.45. The van der Waals surface area contributed by atoms with Gasteiger partial charge in [-0.15, -0.1) is 0 Å². The average Bonchev–Trinajstić information content (AvgIpc) is 2.85. The Labute approximate surface area is 95.4 Å². The Hall–Kier alpha value is -1.76. The summed E-state index contributed by atoms with van der Waals surface area (Å²) < 4.78 is 5.65. The maximum absolute atomic E-state index is 5.65. The molecule has 0 saturated carbocycles. The summed E-state index contributed by atoms with van der Waals surface area (Å²) in [4.78, 5) is 0. The average molecular weight is 209 g/mol. The number of allylic oxidation sites excluding steroid dienone is 1. The number of benzene rings is 1. The number of furan rings is 1. The SMILES string of the molecule is Cc1coc([C]2C=Cc3ccccc32)c1C. The van der Waals surface area contributed by atoms with Crippen molar-refractivity contribution in [3.63, 3.8) is 0 Å². The van der Waals surface area contributed by atoms with Gasteiger partial charge < -0.3 is 4.42 Å². The van der Waals surface area contributed by atoms with E-state index in [0.717, 1.165) is 5.76 Å². The van der Waals surface area contributed by atoms with Gasteiger partial charge in [-0.1, -0.05) is 36.4 Å². The van der Waals surface area contributed by atoms with E-state index in [1.165, 1.54) is 28.2 Å². The molecule has 0 N–H and O–H groups in total. The van der Waals surface area contributed by atoms with Gasteiger partial charge in [0.05, 0.1) is 12.2 Å². The summed E-state index contributed by atoms with van der Waals surface area (Å²) in [6.45, 7) is 4.18. The van der Waals surface area contributed by atoms with Gasteiger partial charge in [0.2, 0.25) is 0 Å². The van der Waals surface area contributed by atoms with E-state index in [1.54, 1.807) is 0 Å². The molecule has 16 heavy (non-hydrogen) atoms. The third kappa shape index (κ3) is 1.25. The van der Waals surface area contributed by atoms with Crippen LogP contribution >= 0.6 is 0 Å². The van der Waals surface area contributed by atoms with Crippen LogP contribution in [0, 0.1) is 19.8 Å². The predicted octanol–water partition coefficient (Wildman–Crippen LogP) is 3.89. The molecule has 0 bridgehead atoms. The second-order valence-electron chi connectivity index (χ2n) is 4.21. The fraction of sp³-hybridized carbons (Fsp3) is 0.133. The van der Waals surface area contributed by atoms with Gasteiger partial charge in [-0.3, -0.25) is 0 Å². The molecule has 1 aromatic heterocycles. The molecule has 1 heterocycles. The Balaban J connectivity index is 2.12. The van der Waals surface area contributed by atoms with Gasteiger partial charge in [0.25, 0.3) is 0 Å². The molecule has 79 valence electrons. The maximum Gasteiger partial charge on any atom is 0.123 e. The van der Waals surface area contributed by atoms with Gasteiger partial charge in [-0.25, -0.2) is 0 Å². The molecule has 3 rings (SSSR count). The van der Waals surface area contributed by atoms with Crippen molar-refractivity contribution >= 4 is 6.08 Å². The Kier molecular flexibility index (Phi) is 2.00. The zero-order valence-electron chi connectivity index (χ0n) is 9.45. The Bertz CT molecular complexity index is 561. The number of hydrogen-bond donors (Lipinski definition) is 0. The third-order valence-corrected chi connectivity index (χ3v) is 3.21. The van der Waals surface area contributed by atoms with Crippen molar-refractivity contribution in [3.05, 3.63) is 70.5 Å². The van der Waals surface area contributed by atoms with E-state index in [1.807, 2.05) is 6.26 Å². The highest BCUT2D eigenvalue weighted by atomic mass is 16.3. The van der Waals surface area contributed by atoms with Crippen LogP contribution in [0.3, 0.4) is 0 Å². The normalized spacial score (nSPS) is 14.4. The van der Waals surface area contributed by atoms with Crippen LogP contribution in [0.1, 0.15) is 28.0 Å². The van der Waals surface area contributed by atoms with Gasteiger partial charge in [0.1, 0.15) is 5.76 Å². The highest BCUT2D eigenvalue weighted by Crippen LogP contribution is 2.36. The number of hydrogen-bond acceptors (Lipinski definition) is 1. The summed E-state index contributed by atoms with van der Waals surface area (Å²) in [5, 5.41) is 0. The molecule has 0 unspecified atom stereocenters. The van der Waals surface area contributed by atoms with Gasteiger partial charge in [0.15, 0.2) is 0 Å². The summed E-state index contributed by atoms with van der Waals surface area (Å²) >= 11 is 0. The van der Waals surface area contributed by atoms with Crippen molar-refractivity contribution in [2.75, 3.05) is 0 Å². The monoisotopic (exact) mass is 209 g/mol. The first-order valence-corrected chi connectivity index (χ1v) is 5.47. The molecule has 1 heteroatoms. The van der Waals surface area contributed by atoms with Crippen LogP contribution in [0.2, 0.25) is 0 Å². The topological polar surface area (TPSA) is 13.1 Å². The van der Waals surface area contributed by atoms with Gasteiger partial charge in [-0.05, 0) is 36.1 Å². The molecule has 0 aliphatic heterocycles. The molecule has 0 fully saturated rings. The standard InChI is InChI=1S/C15H13O/c1-10-9-16-15(11(10)2)14-8-7-12-5-3-4-6-13(12)14/h3-9H,1-2H3. The summed E-state index contributed by atoms with van der Waals surface area (Å²) in [5.74, 6) is 2.19. The molecule has 0 spiro atoms. The number of fused-ring (bicyclic) bond motifs is 1. The zero-order chi connectivity index (χ0) is 11.1. The summed E-state index contributed by atoms with van der Waals surface area (Å²) in [6, 6.07) is 8.40. The third-order valence-electron chi connectivity index (χ3n) is 3.21. The number of aryl methyl sites for hydroxylation is 1. The van der Waals surface area contributed by atoms with Crippen molar-refractivity contribution in [1.29, 1.82) is 0 Å². The van der Waals surface area contributed by atoms with E-state index in [-0.39, 0.29) is 0 Å². The molecule has 1 radical (unpaired) electrons. The molecule has 1 nitrogen and oxygen atoms in total. The van der Waals surface area contributed by atoms with Crippen LogP contribution < -0.4 is 0 Å². The molecule has 1 aromatic carbocycles. The van der Waals surface area contributed by atoms with Crippen LogP contribution in [0.5, 0.6) is 0 Å². The van der Waals surface area contributed by atoms with E-state index >= 15 is 0 Å². The second-order valence-corrected chi connectivity index (χ2v) is 4.21. The molecule has 1 aliphatic carbocycles. The lowest BCUT2D eigenvalue weighted by atomic mass is 9.95. The first-order chi connectivity index (χ1) is 7.77. The van der Waals surface area contributed by atoms with Gasteiger partial charge >= 0.3 is 0 Å². The maximum atomic E-state index is 5.65. The van der Waals surface area contributed by atoms with Crippen molar-refractivity contribution in [2.45, 2.75) is 13.8 Å². The molecule has 0 atom stereocenters. The molecule has 0 amide bonds. The van der Waals surface area contributed by atoms with Gasteiger partial charge in [0, 0.05) is 0 Å². The van der Waals surface area contributed by atoms with Crippen molar-refractivity contribution in [3.8, 4) is 0 Å². The summed E-state index contributed by atoms with van der Waals surface area (Å²) in [7, 11) is 0. The van der Waals surface area contributed by atoms with E-state index in [4.69, 9.17) is 4.42 Å². The van der Waals surface area contributed by atoms with Gasteiger partial charge in [-0.2, -0.15) is 0 Å². The van der Waals surface area contributed by atoms with Crippen molar-refractivity contribution in [2.24, 2.45) is 0 Å². The highest BCUT2D eigenvalue weighted by Gasteiger charge is 2.24. The molecule has 0 saturated heterocycles. The lowest BCUT2D eigenvalue weighted by Crippen LogP contribution is -1.97. The minimum absolute atomic E-state index is 0.999. The smallest absolute Gasteiger partial charge is 0.123 e. The minimum atomic E-state index is 0.999. The molecule has 1 aliphatic rings. The van der Waals surface area contributed by atoms with Crippen LogP contribution in [-0.4, -0.2) is 0 Å². The Morgan fingerprint density at radius 1 is 1.00 bits per heavy atom. The van der Waals surface area contributed by atoms with Crippen LogP contribution in [0.4, 0.5) is 0 Å². The van der Waals surface area contributed by atoms with Crippen LogP contribution in [-0.2, 0) is 0 Å². The van der Waals surface area contributed by atoms with E-state index in [2.05, 4.69) is 50.3 Å². The largest absolute Gasteiger partial charge is 0.467 e. The predicted molar refractivity (Wildman–Crippen MR) is 65.1 cm³/mol. The highest BCUT2D eigenvalue weighted by molar-refractivity contribution is 5.72. The van der Waals surface area contributed by atoms with E-state index in [0.29, 0.717) is 0 Å². The molecular weight excluding hydrogens is 196 g/mol.